The molecular weight excluding hydrogens is 326 g/mol. The molecule has 0 radical (unpaired) electrons. The van der Waals surface area contributed by atoms with E-state index in [9.17, 15) is 0 Å². The van der Waals surface area contributed by atoms with Crippen LogP contribution in [-0.4, -0.2) is 43.3 Å². The maximum Gasteiger partial charge on any atom is 0.163 e. The predicted octanol–water partition coefficient (Wildman–Crippen LogP) is 3.14. The van der Waals surface area contributed by atoms with Gasteiger partial charge in [-0.3, -0.25) is 0 Å². The van der Waals surface area contributed by atoms with Crippen LogP contribution < -0.4 is 4.90 Å². The average Bonchev–Trinajstić information content (AvgIpc) is 3.22. The van der Waals surface area contributed by atoms with Crippen LogP contribution in [0.25, 0.3) is 22.1 Å². The van der Waals surface area contributed by atoms with Gasteiger partial charge in [-0.25, -0.2) is 19.6 Å². The number of fused-ring (bicyclic) bond motifs is 2. The minimum atomic E-state index is -0.125. The maximum absolute atomic E-state index is 4.65. The summed E-state index contributed by atoms with van der Waals surface area (Å²) in [7, 11) is 2.04. The van der Waals surface area contributed by atoms with Gasteiger partial charge in [0.2, 0.25) is 0 Å². The summed E-state index contributed by atoms with van der Waals surface area (Å²) in [6.07, 6.45) is 4.27. The van der Waals surface area contributed by atoms with Gasteiger partial charge in [-0.05, 0) is 32.9 Å². The molecule has 26 heavy (non-hydrogen) atoms. The highest BCUT2D eigenvalue weighted by atomic mass is 15.3. The lowest BCUT2D eigenvalue weighted by Gasteiger charge is -2.21. The lowest BCUT2D eigenvalue weighted by atomic mass is 10.1. The normalized spacial score (nSPS) is 12.2. The summed E-state index contributed by atoms with van der Waals surface area (Å²) in [5.41, 5.74) is 2.81. The van der Waals surface area contributed by atoms with Gasteiger partial charge in [0.1, 0.15) is 18.0 Å². The van der Waals surface area contributed by atoms with Crippen LogP contribution in [0.2, 0.25) is 0 Å². The second kappa shape index (κ2) is 6.09. The Hall–Kier alpha value is -2.96. The van der Waals surface area contributed by atoms with Crippen molar-refractivity contribution in [2.45, 2.75) is 32.7 Å². The predicted molar refractivity (Wildman–Crippen MR) is 103 cm³/mol. The molecule has 3 heterocycles. The van der Waals surface area contributed by atoms with Gasteiger partial charge in [0, 0.05) is 20.0 Å². The zero-order valence-corrected chi connectivity index (χ0v) is 15.6. The molecule has 0 amide bonds. The Labute approximate surface area is 152 Å². The molecule has 0 atom stereocenters. The number of hydrogen-bond donors (Lipinski definition) is 1. The summed E-state index contributed by atoms with van der Waals surface area (Å²) in [5, 5.41) is 5.49. The van der Waals surface area contributed by atoms with Crippen molar-refractivity contribution in [2.75, 3.05) is 18.5 Å². The molecule has 0 aliphatic rings. The van der Waals surface area contributed by atoms with Crippen molar-refractivity contribution in [3.63, 3.8) is 0 Å². The fraction of sp³-hybridized carbons (Fsp3) is 0.368. The molecule has 7 heteroatoms. The van der Waals surface area contributed by atoms with Crippen LogP contribution in [0.4, 0.5) is 5.82 Å². The van der Waals surface area contributed by atoms with E-state index < -0.39 is 0 Å². The average molecular weight is 349 g/mol. The minimum Gasteiger partial charge on any atom is -0.359 e. The van der Waals surface area contributed by atoms with Crippen LogP contribution in [0.5, 0.6) is 0 Å². The van der Waals surface area contributed by atoms with Gasteiger partial charge in [0.25, 0.3) is 0 Å². The first-order chi connectivity index (χ1) is 12.4. The topological polar surface area (TPSA) is 75.5 Å². The molecule has 0 saturated heterocycles. The van der Waals surface area contributed by atoms with Crippen LogP contribution in [0.1, 0.15) is 26.6 Å². The zero-order valence-electron chi connectivity index (χ0n) is 15.6. The third-order valence-corrected chi connectivity index (χ3v) is 4.46. The monoisotopic (exact) mass is 349 g/mol. The van der Waals surface area contributed by atoms with E-state index in [0.717, 1.165) is 46.7 Å². The molecule has 7 nitrogen and oxygen atoms in total. The van der Waals surface area contributed by atoms with E-state index in [1.807, 2.05) is 42.2 Å². The van der Waals surface area contributed by atoms with Crippen molar-refractivity contribution in [1.29, 1.82) is 0 Å². The van der Waals surface area contributed by atoms with E-state index in [4.69, 9.17) is 0 Å². The van der Waals surface area contributed by atoms with Crippen LogP contribution in [0, 0.1) is 0 Å². The fourth-order valence-corrected chi connectivity index (χ4v) is 3.13. The van der Waals surface area contributed by atoms with E-state index in [1.54, 1.807) is 6.33 Å². The minimum absolute atomic E-state index is 0.125. The highest BCUT2D eigenvalue weighted by molar-refractivity contribution is 5.86. The van der Waals surface area contributed by atoms with Gasteiger partial charge < -0.3 is 9.88 Å². The first-order valence-electron chi connectivity index (χ1n) is 8.77. The van der Waals surface area contributed by atoms with Gasteiger partial charge in [-0.2, -0.15) is 5.10 Å². The molecule has 4 rings (SSSR count). The lowest BCUT2D eigenvalue weighted by Crippen LogP contribution is -2.24. The molecule has 0 bridgehead atoms. The Balaban J connectivity index is 1.58. The summed E-state index contributed by atoms with van der Waals surface area (Å²) in [6.45, 7) is 7.15. The first kappa shape index (κ1) is 16.5. The Bertz CT molecular complexity index is 1020. The number of imidazole rings is 1. The standard InChI is InChI=1S/C19H23N7/c1-19(2,3)26-18-13(11-22-26)17(20-12-21-18)25(4)10-9-16-23-14-7-5-6-8-15(14)24-16/h5-8,11-12H,9-10H2,1-4H3,(H,23,24). The number of anilines is 1. The second-order valence-electron chi connectivity index (χ2n) is 7.53. The van der Waals surface area contributed by atoms with E-state index in [2.05, 4.69) is 50.7 Å². The Morgan fingerprint density at radius 1 is 1.15 bits per heavy atom. The zero-order chi connectivity index (χ0) is 18.3. The molecule has 4 aromatic rings. The quantitative estimate of drug-likeness (QED) is 0.612. The number of para-hydroxylation sites is 2. The van der Waals surface area contributed by atoms with Gasteiger partial charge in [-0.15, -0.1) is 0 Å². The molecule has 1 N–H and O–H groups in total. The molecule has 1 aromatic carbocycles. The number of H-pyrrole nitrogens is 1. The van der Waals surface area contributed by atoms with Crippen LogP contribution in [0.15, 0.2) is 36.8 Å². The van der Waals surface area contributed by atoms with Gasteiger partial charge in [-0.1, -0.05) is 12.1 Å². The van der Waals surface area contributed by atoms with Gasteiger partial charge >= 0.3 is 0 Å². The summed E-state index contributed by atoms with van der Waals surface area (Å²) in [5.74, 6) is 1.87. The number of aromatic nitrogens is 6. The molecule has 3 aromatic heterocycles. The summed E-state index contributed by atoms with van der Waals surface area (Å²) in [6, 6.07) is 8.09. The third-order valence-electron chi connectivity index (χ3n) is 4.46. The number of benzene rings is 1. The summed E-state index contributed by atoms with van der Waals surface area (Å²) >= 11 is 0. The number of likely N-dealkylation sites (N-methyl/N-ethyl adjacent to an activating group) is 1. The number of aromatic amines is 1. The van der Waals surface area contributed by atoms with Gasteiger partial charge in [0.05, 0.1) is 28.2 Å². The Morgan fingerprint density at radius 2 is 1.96 bits per heavy atom. The lowest BCUT2D eigenvalue weighted by molar-refractivity contribution is 0.366. The molecule has 0 aliphatic carbocycles. The second-order valence-corrected chi connectivity index (χ2v) is 7.53. The first-order valence-corrected chi connectivity index (χ1v) is 8.77. The number of rotatable bonds is 4. The largest absolute Gasteiger partial charge is 0.359 e. The molecule has 0 spiro atoms. The van der Waals surface area contributed by atoms with Crippen LogP contribution in [0.3, 0.4) is 0 Å². The molecular formula is C19H23N7. The molecule has 134 valence electrons. The Kier molecular flexibility index (Phi) is 3.86. The number of nitrogens with zero attached hydrogens (tertiary/aromatic N) is 6. The highest BCUT2D eigenvalue weighted by Gasteiger charge is 2.20. The van der Waals surface area contributed by atoms with E-state index in [1.165, 1.54) is 0 Å². The van der Waals surface area contributed by atoms with E-state index in [-0.39, 0.29) is 5.54 Å². The summed E-state index contributed by atoms with van der Waals surface area (Å²) in [4.78, 5) is 19.1. The van der Waals surface area contributed by atoms with E-state index >= 15 is 0 Å². The third kappa shape index (κ3) is 2.89. The smallest absolute Gasteiger partial charge is 0.163 e. The maximum atomic E-state index is 4.65. The van der Waals surface area contributed by atoms with Crippen molar-refractivity contribution in [2.24, 2.45) is 0 Å². The van der Waals surface area contributed by atoms with E-state index in [0.29, 0.717) is 0 Å². The highest BCUT2D eigenvalue weighted by Crippen LogP contribution is 2.25. The molecule has 0 aliphatic heterocycles. The van der Waals surface area contributed by atoms with Crippen LogP contribution in [-0.2, 0) is 12.0 Å². The molecule has 0 unspecified atom stereocenters. The number of hydrogen-bond acceptors (Lipinski definition) is 5. The molecule has 0 fully saturated rings. The van der Waals surface area contributed by atoms with Crippen molar-refractivity contribution in [3.8, 4) is 0 Å². The van der Waals surface area contributed by atoms with Crippen LogP contribution >= 0.6 is 0 Å². The SMILES string of the molecule is CN(CCc1nc2ccccc2[nH]1)c1ncnc2c1cnn2C(C)(C)C. The summed E-state index contributed by atoms with van der Waals surface area (Å²) < 4.78 is 1.95. The van der Waals surface area contributed by atoms with Crippen molar-refractivity contribution < 1.29 is 0 Å². The van der Waals surface area contributed by atoms with Crippen molar-refractivity contribution in [1.82, 2.24) is 29.7 Å². The Morgan fingerprint density at radius 3 is 2.73 bits per heavy atom. The van der Waals surface area contributed by atoms with Crippen molar-refractivity contribution in [3.05, 3.63) is 42.6 Å². The molecule has 0 saturated carbocycles. The number of nitrogens with one attached hydrogen (secondary N) is 1. The van der Waals surface area contributed by atoms with Gasteiger partial charge in [0.15, 0.2) is 5.65 Å². The fourth-order valence-electron chi connectivity index (χ4n) is 3.13. The van der Waals surface area contributed by atoms with Crippen molar-refractivity contribution >= 4 is 27.9 Å².